The second-order valence-corrected chi connectivity index (χ2v) is 9.17. The zero-order valence-corrected chi connectivity index (χ0v) is 20.7. The average Bonchev–Trinajstić information content (AvgIpc) is 3.14. The Morgan fingerprint density at radius 3 is 2.21 bits per heavy atom. The van der Waals surface area contributed by atoms with Gasteiger partial charge in [-0.1, -0.05) is 62.4 Å². The van der Waals surface area contributed by atoms with Crippen molar-refractivity contribution in [3.63, 3.8) is 0 Å². The van der Waals surface area contributed by atoms with Gasteiger partial charge in [-0.05, 0) is 46.8 Å². The number of hydrogen-bond donors (Lipinski definition) is 3. The van der Waals surface area contributed by atoms with E-state index in [0.717, 1.165) is 6.42 Å². The first kappa shape index (κ1) is 25.5. The molecule has 8 heteroatoms. The van der Waals surface area contributed by atoms with E-state index in [1.807, 2.05) is 24.3 Å². The molecule has 3 rings (SSSR count). The standard InChI is InChI=1S/C26H33N3O4S/c1-17(2)14-18(15-28-25(34)27-13-12-24(30)32-3)29-26(31)33-16-23-21-10-6-4-8-19(21)20-9-5-7-11-22(20)23/h4-11,17-18,23H,12-16H2,1-3H3,(H,29,31)(H2,27,28,34)/t18-/m0/s1. The first-order valence-electron chi connectivity index (χ1n) is 11.6. The molecule has 182 valence electrons. The van der Waals surface area contributed by atoms with Gasteiger partial charge in [0.25, 0.3) is 0 Å². The number of ether oxygens (including phenoxy) is 2. The van der Waals surface area contributed by atoms with Gasteiger partial charge in [-0.15, -0.1) is 0 Å². The molecule has 1 atom stereocenters. The van der Waals surface area contributed by atoms with Crippen LogP contribution in [0.1, 0.15) is 43.7 Å². The van der Waals surface area contributed by atoms with Crippen molar-refractivity contribution in [2.75, 3.05) is 26.8 Å². The van der Waals surface area contributed by atoms with Crippen LogP contribution < -0.4 is 16.0 Å². The zero-order valence-electron chi connectivity index (χ0n) is 19.9. The Morgan fingerprint density at radius 1 is 1.00 bits per heavy atom. The zero-order chi connectivity index (χ0) is 24.5. The number of amides is 1. The maximum absolute atomic E-state index is 12.7. The van der Waals surface area contributed by atoms with Crippen LogP contribution in [-0.2, 0) is 14.3 Å². The molecule has 1 aliphatic carbocycles. The summed E-state index contributed by atoms with van der Waals surface area (Å²) in [5, 5.41) is 9.47. The number of thiocarbonyl (C=S) groups is 1. The lowest BCUT2D eigenvalue weighted by atomic mass is 9.98. The van der Waals surface area contributed by atoms with Gasteiger partial charge in [0.05, 0.1) is 13.5 Å². The number of carbonyl (C=O) groups excluding carboxylic acids is 2. The van der Waals surface area contributed by atoms with Gasteiger partial charge in [-0.25, -0.2) is 4.79 Å². The van der Waals surface area contributed by atoms with Gasteiger partial charge >= 0.3 is 12.1 Å². The summed E-state index contributed by atoms with van der Waals surface area (Å²) in [6, 6.07) is 16.4. The van der Waals surface area contributed by atoms with E-state index in [9.17, 15) is 9.59 Å². The molecule has 0 heterocycles. The number of alkyl carbamates (subject to hydrolysis) is 1. The van der Waals surface area contributed by atoms with Crippen LogP contribution in [0.4, 0.5) is 4.79 Å². The molecule has 0 radical (unpaired) electrons. The van der Waals surface area contributed by atoms with Crippen molar-refractivity contribution in [1.82, 2.24) is 16.0 Å². The van der Waals surface area contributed by atoms with Crippen LogP contribution in [-0.4, -0.2) is 50.0 Å². The van der Waals surface area contributed by atoms with Gasteiger partial charge in [0, 0.05) is 25.0 Å². The molecule has 3 N–H and O–H groups in total. The summed E-state index contributed by atoms with van der Waals surface area (Å²) in [5.41, 5.74) is 4.75. The third-order valence-electron chi connectivity index (χ3n) is 5.77. The Balaban J connectivity index is 1.52. The largest absolute Gasteiger partial charge is 0.469 e. The van der Waals surface area contributed by atoms with Crippen molar-refractivity contribution in [2.45, 2.75) is 38.6 Å². The molecule has 0 bridgehead atoms. The highest BCUT2D eigenvalue weighted by atomic mass is 32.1. The predicted octanol–water partition coefficient (Wildman–Crippen LogP) is 3.97. The van der Waals surface area contributed by atoms with Crippen LogP contribution >= 0.6 is 12.2 Å². The second kappa shape index (κ2) is 12.4. The number of methoxy groups -OCH3 is 1. The molecule has 1 aliphatic rings. The average molecular weight is 484 g/mol. The highest BCUT2D eigenvalue weighted by Gasteiger charge is 2.29. The van der Waals surface area contributed by atoms with Gasteiger partial charge in [0.1, 0.15) is 6.61 Å². The molecule has 0 fully saturated rings. The van der Waals surface area contributed by atoms with E-state index < -0.39 is 6.09 Å². The SMILES string of the molecule is COC(=O)CCNC(=S)NC[C@H](CC(C)C)NC(=O)OCC1c2ccccc2-c2ccccc21. The molecule has 0 saturated carbocycles. The molecule has 0 spiro atoms. The second-order valence-electron chi connectivity index (χ2n) is 8.76. The monoisotopic (exact) mass is 483 g/mol. The Morgan fingerprint density at radius 2 is 1.62 bits per heavy atom. The number of rotatable bonds is 10. The molecular formula is C26H33N3O4S. The van der Waals surface area contributed by atoms with Crippen molar-refractivity contribution >= 4 is 29.4 Å². The van der Waals surface area contributed by atoms with E-state index in [1.165, 1.54) is 29.4 Å². The van der Waals surface area contributed by atoms with Crippen molar-refractivity contribution in [3.8, 4) is 11.1 Å². The van der Waals surface area contributed by atoms with Gasteiger partial charge in [0.2, 0.25) is 0 Å². The van der Waals surface area contributed by atoms with Crippen molar-refractivity contribution < 1.29 is 19.1 Å². The Hall–Kier alpha value is -3.13. The predicted molar refractivity (Wildman–Crippen MR) is 137 cm³/mol. The van der Waals surface area contributed by atoms with E-state index in [-0.39, 0.29) is 31.0 Å². The third kappa shape index (κ3) is 6.93. The molecule has 0 saturated heterocycles. The minimum absolute atomic E-state index is 0.0198. The lowest BCUT2D eigenvalue weighted by Gasteiger charge is -2.22. The van der Waals surface area contributed by atoms with Gasteiger partial charge in [0.15, 0.2) is 5.11 Å². The lowest BCUT2D eigenvalue weighted by Crippen LogP contribution is -2.47. The first-order valence-corrected chi connectivity index (χ1v) is 12.0. The summed E-state index contributed by atoms with van der Waals surface area (Å²) in [6.07, 6.45) is 0.548. The molecule has 2 aromatic rings. The quantitative estimate of drug-likeness (QED) is 0.348. The Labute approximate surface area is 206 Å². The minimum atomic E-state index is -0.445. The normalized spacial score (nSPS) is 12.9. The summed E-state index contributed by atoms with van der Waals surface area (Å²) in [6.45, 7) is 5.30. The molecule has 1 amide bonds. The van der Waals surface area contributed by atoms with E-state index in [2.05, 4.69) is 58.8 Å². The summed E-state index contributed by atoms with van der Waals surface area (Å²) in [4.78, 5) is 23.9. The number of benzene rings is 2. The van der Waals surface area contributed by atoms with E-state index in [0.29, 0.717) is 24.1 Å². The molecule has 0 aromatic heterocycles. The molecule has 0 unspecified atom stereocenters. The highest BCUT2D eigenvalue weighted by molar-refractivity contribution is 7.80. The van der Waals surface area contributed by atoms with Gasteiger partial charge in [-0.3, -0.25) is 4.79 Å². The smallest absolute Gasteiger partial charge is 0.407 e. The van der Waals surface area contributed by atoms with Crippen LogP contribution in [0.2, 0.25) is 0 Å². The molecule has 34 heavy (non-hydrogen) atoms. The Bertz CT molecular complexity index is 966. The topological polar surface area (TPSA) is 88.7 Å². The number of nitrogens with one attached hydrogen (secondary N) is 3. The van der Waals surface area contributed by atoms with E-state index in [1.54, 1.807) is 0 Å². The number of hydrogen-bond acceptors (Lipinski definition) is 5. The van der Waals surface area contributed by atoms with Crippen LogP contribution in [0.25, 0.3) is 11.1 Å². The van der Waals surface area contributed by atoms with Crippen LogP contribution in [0, 0.1) is 5.92 Å². The number of carbonyl (C=O) groups is 2. The highest BCUT2D eigenvalue weighted by Crippen LogP contribution is 2.44. The minimum Gasteiger partial charge on any atom is -0.469 e. The van der Waals surface area contributed by atoms with Crippen molar-refractivity contribution in [3.05, 3.63) is 59.7 Å². The number of fused-ring (bicyclic) bond motifs is 3. The molecule has 7 nitrogen and oxygen atoms in total. The van der Waals surface area contributed by atoms with E-state index in [4.69, 9.17) is 17.0 Å². The van der Waals surface area contributed by atoms with Crippen molar-refractivity contribution in [1.29, 1.82) is 0 Å². The fraction of sp³-hybridized carbons (Fsp3) is 0.423. The summed E-state index contributed by atoms with van der Waals surface area (Å²) >= 11 is 5.27. The van der Waals surface area contributed by atoms with Crippen LogP contribution in [0.3, 0.4) is 0 Å². The lowest BCUT2D eigenvalue weighted by molar-refractivity contribution is -0.140. The maximum atomic E-state index is 12.7. The Kier molecular flexibility index (Phi) is 9.27. The fourth-order valence-electron chi connectivity index (χ4n) is 4.23. The third-order valence-corrected chi connectivity index (χ3v) is 6.06. The summed E-state index contributed by atoms with van der Waals surface area (Å²) in [5.74, 6) is 0.0952. The molecule has 2 aromatic carbocycles. The fourth-order valence-corrected chi connectivity index (χ4v) is 4.41. The van der Waals surface area contributed by atoms with Gasteiger partial charge in [-0.2, -0.15) is 0 Å². The van der Waals surface area contributed by atoms with Gasteiger partial charge < -0.3 is 25.4 Å². The summed E-state index contributed by atoms with van der Waals surface area (Å²) < 4.78 is 10.3. The van der Waals surface area contributed by atoms with Crippen molar-refractivity contribution in [2.24, 2.45) is 5.92 Å². The van der Waals surface area contributed by atoms with E-state index >= 15 is 0 Å². The van der Waals surface area contributed by atoms with Crippen LogP contribution in [0.15, 0.2) is 48.5 Å². The summed E-state index contributed by atoms with van der Waals surface area (Å²) in [7, 11) is 1.35. The first-order chi connectivity index (χ1) is 16.4. The molecular weight excluding hydrogens is 450 g/mol. The van der Waals surface area contributed by atoms with Crippen LogP contribution in [0.5, 0.6) is 0 Å². The number of esters is 1. The molecule has 0 aliphatic heterocycles. The maximum Gasteiger partial charge on any atom is 0.407 e.